The van der Waals surface area contributed by atoms with E-state index in [-0.39, 0.29) is 0 Å². The van der Waals surface area contributed by atoms with Crippen molar-refractivity contribution >= 4 is 68.0 Å². The van der Waals surface area contributed by atoms with Crippen LogP contribution in [0.5, 0.6) is 0 Å². The highest BCUT2D eigenvalue weighted by Gasteiger charge is 2.20. The molecule has 0 aromatic carbocycles. The van der Waals surface area contributed by atoms with E-state index in [2.05, 4.69) is 88.7 Å². The van der Waals surface area contributed by atoms with Crippen LogP contribution in [0.25, 0.3) is 48.8 Å². The molecule has 0 saturated heterocycles. The fourth-order valence-electron chi connectivity index (χ4n) is 4.44. The first-order valence-electron chi connectivity index (χ1n) is 11.8. The molecule has 0 N–H and O–H groups in total. The summed E-state index contributed by atoms with van der Waals surface area (Å²) in [5.41, 5.74) is 8.21. The molecule has 0 nitrogen and oxygen atoms in total. The minimum absolute atomic E-state index is 1.35. The van der Waals surface area contributed by atoms with Gasteiger partial charge in [-0.3, -0.25) is 0 Å². The summed E-state index contributed by atoms with van der Waals surface area (Å²) in [6, 6.07) is 14.1. The fourth-order valence-corrected chi connectivity index (χ4v) is 11.7. The molecule has 0 aliphatic carbocycles. The molecule has 0 fully saturated rings. The number of hydrogen-bond donors (Lipinski definition) is 0. The van der Waals surface area contributed by atoms with Gasteiger partial charge in [0, 0.05) is 48.8 Å². The van der Waals surface area contributed by atoms with E-state index in [4.69, 9.17) is 0 Å². The van der Waals surface area contributed by atoms with Crippen LogP contribution in [0.4, 0.5) is 0 Å². The van der Waals surface area contributed by atoms with Gasteiger partial charge in [-0.2, -0.15) is 0 Å². The Balaban J connectivity index is 1.35. The Hall–Kier alpha value is -1.80. The zero-order chi connectivity index (χ0) is 25.1. The van der Waals surface area contributed by atoms with Crippen LogP contribution in [-0.2, 0) is 0 Å². The maximum Gasteiger partial charge on any atom is 0.0481 e. The monoisotopic (exact) mass is 578 g/mol. The summed E-state index contributed by atoms with van der Waals surface area (Å²) in [6.07, 6.45) is 0. The summed E-state index contributed by atoms with van der Waals surface area (Å²) in [5.74, 6) is 0. The van der Waals surface area contributed by atoms with Crippen molar-refractivity contribution in [1.82, 2.24) is 0 Å². The maximum absolute atomic E-state index is 2.39. The first-order valence-corrected chi connectivity index (χ1v) is 16.8. The standard InChI is InChI=1S/C30H26S6/c1-15-7-21(31-13-15)23-9-17(3)27(33-23)29-19(5)11-25(35-29)26-12-20(6)30(36-26)28-18(4)10-24(34-28)22-8-16(2)14-32-22/h7-14H,1-6H3. The van der Waals surface area contributed by atoms with E-state index < -0.39 is 0 Å². The number of aryl methyl sites for hydroxylation is 6. The molecule has 6 rings (SSSR count). The Morgan fingerprint density at radius 2 is 0.639 bits per heavy atom. The Morgan fingerprint density at radius 1 is 0.361 bits per heavy atom. The molecular formula is C30H26S6. The van der Waals surface area contributed by atoms with E-state index in [0.29, 0.717) is 0 Å². The lowest BCUT2D eigenvalue weighted by Crippen LogP contribution is -1.72. The topological polar surface area (TPSA) is 0 Å². The molecular weight excluding hydrogens is 553 g/mol. The lowest BCUT2D eigenvalue weighted by atomic mass is 10.1. The van der Waals surface area contributed by atoms with Gasteiger partial charge in [0.25, 0.3) is 0 Å². The molecule has 0 aliphatic rings. The third-order valence-electron chi connectivity index (χ3n) is 6.27. The lowest BCUT2D eigenvalue weighted by Gasteiger charge is -1.97. The van der Waals surface area contributed by atoms with Gasteiger partial charge in [-0.1, -0.05) is 0 Å². The van der Waals surface area contributed by atoms with Gasteiger partial charge in [-0.25, -0.2) is 0 Å². The van der Waals surface area contributed by atoms with Gasteiger partial charge >= 0.3 is 0 Å². The Labute approximate surface area is 237 Å². The van der Waals surface area contributed by atoms with Crippen LogP contribution < -0.4 is 0 Å². The third kappa shape index (κ3) is 4.42. The second-order valence-electron chi connectivity index (χ2n) is 9.47. The van der Waals surface area contributed by atoms with Gasteiger partial charge in [-0.05, 0) is 122 Å². The van der Waals surface area contributed by atoms with Crippen molar-refractivity contribution in [2.45, 2.75) is 41.5 Å². The van der Waals surface area contributed by atoms with Crippen molar-refractivity contribution in [2.75, 3.05) is 0 Å². The molecule has 0 spiro atoms. The predicted octanol–water partition coefficient (Wildman–Crippen LogP) is 12.2. The second kappa shape index (κ2) is 9.50. The SMILES string of the molecule is Cc1csc(-c2cc(C)c(-c3sc(-c4cc(C)c(-c5sc(-c6cc(C)cs6)cc5C)s4)cc3C)s2)c1. The van der Waals surface area contributed by atoms with Crippen molar-refractivity contribution in [3.05, 3.63) is 80.5 Å². The first-order chi connectivity index (χ1) is 17.3. The number of rotatable bonds is 5. The van der Waals surface area contributed by atoms with E-state index in [1.165, 1.54) is 82.2 Å². The zero-order valence-electron chi connectivity index (χ0n) is 21.1. The number of hydrogen-bond acceptors (Lipinski definition) is 6. The highest BCUT2D eigenvalue weighted by Crippen LogP contribution is 2.50. The molecule has 6 heteroatoms. The Kier molecular flexibility index (Phi) is 6.47. The molecule has 0 unspecified atom stereocenters. The van der Waals surface area contributed by atoms with E-state index >= 15 is 0 Å². The minimum atomic E-state index is 1.35. The quantitative estimate of drug-likeness (QED) is 0.191. The van der Waals surface area contributed by atoms with Gasteiger partial charge in [0.2, 0.25) is 0 Å². The van der Waals surface area contributed by atoms with Crippen LogP contribution in [0.1, 0.15) is 33.4 Å². The fraction of sp³-hybridized carbons (Fsp3) is 0.200. The Bertz CT molecular complexity index is 1580. The smallest absolute Gasteiger partial charge is 0.0481 e. The van der Waals surface area contributed by atoms with Crippen molar-refractivity contribution in [1.29, 1.82) is 0 Å². The van der Waals surface area contributed by atoms with E-state index in [0.717, 1.165) is 0 Å². The lowest BCUT2D eigenvalue weighted by molar-refractivity contribution is 1.51. The van der Waals surface area contributed by atoms with Crippen LogP contribution >= 0.6 is 68.0 Å². The van der Waals surface area contributed by atoms with E-state index in [1.54, 1.807) is 0 Å². The van der Waals surface area contributed by atoms with E-state index in [1.807, 2.05) is 68.0 Å². The number of thiophene rings is 6. The molecule has 6 aromatic heterocycles. The van der Waals surface area contributed by atoms with Crippen molar-refractivity contribution in [3.63, 3.8) is 0 Å². The average Bonchev–Trinajstić information content (AvgIpc) is 3.64. The Morgan fingerprint density at radius 3 is 0.889 bits per heavy atom. The third-order valence-corrected chi connectivity index (χ3v) is 14.2. The molecule has 182 valence electrons. The normalized spacial score (nSPS) is 11.6. The van der Waals surface area contributed by atoms with Gasteiger partial charge in [0.15, 0.2) is 0 Å². The molecule has 0 radical (unpaired) electrons. The van der Waals surface area contributed by atoms with Crippen LogP contribution in [0.2, 0.25) is 0 Å². The van der Waals surface area contributed by atoms with Crippen LogP contribution in [-0.4, -0.2) is 0 Å². The van der Waals surface area contributed by atoms with Gasteiger partial charge in [0.1, 0.15) is 0 Å². The summed E-state index contributed by atoms with van der Waals surface area (Å²) in [4.78, 5) is 14.0. The van der Waals surface area contributed by atoms with Crippen molar-refractivity contribution in [2.24, 2.45) is 0 Å². The molecule has 0 atom stereocenters. The van der Waals surface area contributed by atoms with Gasteiger partial charge < -0.3 is 0 Å². The van der Waals surface area contributed by atoms with Crippen LogP contribution in [0, 0.1) is 41.5 Å². The summed E-state index contributed by atoms with van der Waals surface area (Å²) in [7, 11) is 0. The largest absolute Gasteiger partial charge is 0.143 e. The maximum atomic E-state index is 2.39. The average molecular weight is 579 g/mol. The predicted molar refractivity (Wildman–Crippen MR) is 169 cm³/mol. The summed E-state index contributed by atoms with van der Waals surface area (Å²) >= 11 is 11.5. The summed E-state index contributed by atoms with van der Waals surface area (Å²) < 4.78 is 0. The first kappa shape index (κ1) is 24.5. The molecule has 0 bridgehead atoms. The van der Waals surface area contributed by atoms with Crippen LogP contribution in [0.15, 0.2) is 47.2 Å². The summed E-state index contributed by atoms with van der Waals surface area (Å²) in [5, 5.41) is 4.49. The highest BCUT2D eigenvalue weighted by molar-refractivity contribution is 7.30. The van der Waals surface area contributed by atoms with Crippen molar-refractivity contribution < 1.29 is 0 Å². The van der Waals surface area contributed by atoms with Gasteiger partial charge in [0.05, 0.1) is 0 Å². The molecule has 6 aromatic rings. The molecule has 0 amide bonds. The highest BCUT2D eigenvalue weighted by atomic mass is 32.1. The molecule has 6 heterocycles. The summed E-state index contributed by atoms with van der Waals surface area (Å²) in [6.45, 7) is 13.4. The van der Waals surface area contributed by atoms with E-state index in [9.17, 15) is 0 Å². The molecule has 0 aliphatic heterocycles. The van der Waals surface area contributed by atoms with Crippen molar-refractivity contribution in [3.8, 4) is 48.8 Å². The minimum Gasteiger partial charge on any atom is -0.143 e. The van der Waals surface area contributed by atoms with Gasteiger partial charge in [-0.15, -0.1) is 68.0 Å². The molecule has 0 saturated carbocycles. The molecule has 36 heavy (non-hydrogen) atoms. The zero-order valence-corrected chi connectivity index (χ0v) is 26.0. The second-order valence-corrected chi connectivity index (χ2v) is 15.5. The van der Waals surface area contributed by atoms with Crippen LogP contribution in [0.3, 0.4) is 0 Å².